The molecule has 0 bridgehead atoms. The minimum Gasteiger partial charge on any atom is -0.478 e. The number of carboxylic acids is 2. The van der Waals surface area contributed by atoms with Crippen LogP contribution in [0.4, 0.5) is 0 Å². The predicted octanol–water partition coefficient (Wildman–Crippen LogP) is 4.26. The fourth-order valence-corrected chi connectivity index (χ4v) is 4.28. The van der Waals surface area contributed by atoms with E-state index in [-0.39, 0.29) is 22.3 Å². The van der Waals surface area contributed by atoms with E-state index in [1.54, 1.807) is 60.7 Å². The molecule has 0 aromatic heterocycles. The van der Waals surface area contributed by atoms with Gasteiger partial charge in [-0.05, 0) is 46.5 Å². The second kappa shape index (κ2) is 8.94. The van der Waals surface area contributed by atoms with Gasteiger partial charge in [0.25, 0.3) is 0 Å². The predicted molar refractivity (Wildman–Crippen MR) is 126 cm³/mol. The van der Waals surface area contributed by atoms with Crippen LogP contribution in [0.5, 0.6) is 0 Å². The topological polar surface area (TPSA) is 115 Å². The van der Waals surface area contributed by atoms with Crippen molar-refractivity contribution in [1.82, 2.24) is 0 Å². The largest absolute Gasteiger partial charge is 0.478 e. The van der Waals surface area contributed by atoms with E-state index in [1.165, 1.54) is 48.5 Å². The first-order valence-corrected chi connectivity index (χ1v) is 10.5. The second-order valence-electron chi connectivity index (χ2n) is 7.92. The molecule has 0 spiro atoms. The van der Waals surface area contributed by atoms with Gasteiger partial charge in [0.05, 0.1) is 11.1 Å². The number of benzene rings is 4. The molecular weight excluding hydrogens is 432 g/mol. The first-order valence-electron chi connectivity index (χ1n) is 10.5. The summed E-state index contributed by atoms with van der Waals surface area (Å²) in [6.45, 7) is 0. The van der Waals surface area contributed by atoms with Crippen LogP contribution in [0.1, 0.15) is 43.0 Å². The molecule has 0 aliphatic heterocycles. The molecule has 0 saturated heterocycles. The van der Waals surface area contributed by atoms with Crippen molar-refractivity contribution in [2.24, 2.45) is 0 Å². The fraction of sp³-hybridized carbons (Fsp3) is 0.0714. The molecule has 4 aromatic rings. The van der Waals surface area contributed by atoms with Gasteiger partial charge in [0.1, 0.15) is 0 Å². The van der Waals surface area contributed by atoms with Crippen molar-refractivity contribution in [3.63, 3.8) is 0 Å². The third-order valence-corrected chi connectivity index (χ3v) is 5.96. The summed E-state index contributed by atoms with van der Waals surface area (Å²) < 4.78 is 0. The average Bonchev–Trinajstić information content (AvgIpc) is 2.88. The molecule has 2 atom stereocenters. The molecule has 4 N–H and O–H groups in total. The third-order valence-electron chi connectivity index (χ3n) is 5.96. The van der Waals surface area contributed by atoms with Gasteiger partial charge in [0.2, 0.25) is 0 Å². The average molecular weight is 454 g/mol. The van der Waals surface area contributed by atoms with Crippen molar-refractivity contribution in [1.29, 1.82) is 0 Å². The van der Waals surface area contributed by atoms with Crippen molar-refractivity contribution < 1.29 is 30.0 Å². The molecule has 0 fully saturated rings. The van der Waals surface area contributed by atoms with Gasteiger partial charge in [0, 0.05) is 0 Å². The molecule has 4 aromatic carbocycles. The Kier molecular flexibility index (Phi) is 6.03. The number of hydrogen-bond acceptors (Lipinski definition) is 4. The van der Waals surface area contributed by atoms with Crippen LogP contribution in [0.2, 0.25) is 0 Å². The Morgan fingerprint density at radius 2 is 0.794 bits per heavy atom. The van der Waals surface area contributed by atoms with Crippen LogP contribution in [0.15, 0.2) is 109 Å². The maximum atomic E-state index is 12.5. The Labute approximate surface area is 196 Å². The van der Waals surface area contributed by atoms with E-state index in [1.807, 2.05) is 0 Å². The van der Waals surface area contributed by atoms with Crippen LogP contribution < -0.4 is 0 Å². The fourth-order valence-electron chi connectivity index (χ4n) is 4.28. The van der Waals surface area contributed by atoms with Crippen molar-refractivity contribution in [3.8, 4) is 0 Å². The SMILES string of the molecule is O=C(O)c1cccc(C(O)(c2ccccc2)C(O)(c2ccccc2)c2cccc(C(=O)O)c2)c1. The molecule has 34 heavy (non-hydrogen) atoms. The smallest absolute Gasteiger partial charge is 0.335 e. The number of hydrogen-bond donors (Lipinski definition) is 4. The molecule has 4 rings (SSSR count). The molecule has 0 aliphatic rings. The normalized spacial score (nSPS) is 14.5. The summed E-state index contributed by atoms with van der Waals surface area (Å²) in [6, 6.07) is 28.3. The molecular formula is C28H22O6. The summed E-state index contributed by atoms with van der Waals surface area (Å²) in [5, 5.41) is 44.2. The monoisotopic (exact) mass is 454 g/mol. The molecule has 170 valence electrons. The third kappa shape index (κ3) is 3.75. The molecule has 6 heteroatoms. The quantitative estimate of drug-likeness (QED) is 0.332. The molecule has 2 unspecified atom stereocenters. The van der Waals surface area contributed by atoms with Crippen LogP contribution in [0, 0.1) is 0 Å². The van der Waals surface area contributed by atoms with Gasteiger partial charge in [-0.3, -0.25) is 0 Å². The Balaban J connectivity index is 2.13. The van der Waals surface area contributed by atoms with Crippen LogP contribution >= 0.6 is 0 Å². The highest BCUT2D eigenvalue weighted by molar-refractivity contribution is 5.88. The molecule has 0 radical (unpaired) electrons. The molecule has 0 heterocycles. The Morgan fingerprint density at radius 1 is 0.471 bits per heavy atom. The van der Waals surface area contributed by atoms with E-state index in [2.05, 4.69) is 0 Å². The highest BCUT2D eigenvalue weighted by atomic mass is 16.4. The van der Waals surface area contributed by atoms with E-state index in [4.69, 9.17) is 0 Å². The lowest BCUT2D eigenvalue weighted by Crippen LogP contribution is -2.51. The molecule has 6 nitrogen and oxygen atoms in total. The number of aliphatic hydroxyl groups is 2. The Hall–Kier alpha value is -4.26. The van der Waals surface area contributed by atoms with E-state index in [0.29, 0.717) is 11.1 Å². The van der Waals surface area contributed by atoms with Crippen molar-refractivity contribution in [2.75, 3.05) is 0 Å². The maximum absolute atomic E-state index is 12.5. The van der Waals surface area contributed by atoms with Gasteiger partial charge in [-0.1, -0.05) is 84.9 Å². The van der Waals surface area contributed by atoms with Crippen LogP contribution in [0.25, 0.3) is 0 Å². The first-order chi connectivity index (χ1) is 16.3. The minimum absolute atomic E-state index is 0.0680. The van der Waals surface area contributed by atoms with Gasteiger partial charge in [-0.15, -0.1) is 0 Å². The molecule has 0 amide bonds. The maximum Gasteiger partial charge on any atom is 0.335 e. The lowest BCUT2D eigenvalue weighted by atomic mass is 9.66. The number of carbonyl (C=O) groups is 2. The van der Waals surface area contributed by atoms with Gasteiger partial charge >= 0.3 is 11.9 Å². The van der Waals surface area contributed by atoms with Gasteiger partial charge in [-0.25, -0.2) is 9.59 Å². The van der Waals surface area contributed by atoms with Crippen molar-refractivity contribution in [2.45, 2.75) is 11.2 Å². The lowest BCUT2D eigenvalue weighted by molar-refractivity contribution is -0.113. The first kappa shape index (κ1) is 22.9. The van der Waals surface area contributed by atoms with Crippen LogP contribution in [-0.4, -0.2) is 32.4 Å². The Bertz CT molecular complexity index is 1230. The van der Waals surface area contributed by atoms with E-state index in [9.17, 15) is 30.0 Å². The zero-order valence-electron chi connectivity index (χ0n) is 18.0. The molecule has 0 aliphatic carbocycles. The van der Waals surface area contributed by atoms with Crippen LogP contribution in [0.3, 0.4) is 0 Å². The highest BCUT2D eigenvalue weighted by Crippen LogP contribution is 2.49. The van der Waals surface area contributed by atoms with Crippen molar-refractivity contribution >= 4 is 11.9 Å². The summed E-state index contributed by atoms with van der Waals surface area (Å²) in [5.74, 6) is -2.37. The summed E-state index contributed by atoms with van der Waals surface area (Å²) >= 11 is 0. The van der Waals surface area contributed by atoms with Gasteiger partial charge in [0.15, 0.2) is 11.2 Å². The summed E-state index contributed by atoms with van der Waals surface area (Å²) in [5.41, 5.74) is -3.68. The lowest BCUT2D eigenvalue weighted by Gasteiger charge is -2.45. The zero-order valence-corrected chi connectivity index (χ0v) is 18.0. The minimum atomic E-state index is -2.20. The number of aromatic carboxylic acids is 2. The van der Waals surface area contributed by atoms with Crippen LogP contribution in [-0.2, 0) is 11.2 Å². The highest BCUT2D eigenvalue weighted by Gasteiger charge is 2.54. The van der Waals surface area contributed by atoms with E-state index < -0.39 is 23.1 Å². The standard InChI is InChI=1S/C28H22O6/c29-25(30)19-9-7-15-23(17-19)27(33,21-11-3-1-4-12-21)28(34,22-13-5-2-6-14-22)24-16-8-10-20(18-24)26(31)32/h1-18,33-34H,(H,29,30)(H,31,32). The van der Waals surface area contributed by atoms with Gasteiger partial charge < -0.3 is 20.4 Å². The van der Waals surface area contributed by atoms with E-state index in [0.717, 1.165) is 0 Å². The molecule has 0 saturated carbocycles. The van der Waals surface area contributed by atoms with Crippen molar-refractivity contribution in [3.05, 3.63) is 143 Å². The zero-order chi connectivity index (χ0) is 24.3. The van der Waals surface area contributed by atoms with E-state index >= 15 is 0 Å². The number of carboxylic acid groups (broad SMARTS) is 2. The summed E-state index contributed by atoms with van der Waals surface area (Å²) in [6.07, 6.45) is 0. The van der Waals surface area contributed by atoms with Gasteiger partial charge in [-0.2, -0.15) is 0 Å². The number of rotatable bonds is 7. The summed E-state index contributed by atoms with van der Waals surface area (Å²) in [7, 11) is 0. The second-order valence-corrected chi connectivity index (χ2v) is 7.92. The Morgan fingerprint density at radius 3 is 1.12 bits per heavy atom. The summed E-state index contributed by atoms with van der Waals surface area (Å²) in [4.78, 5) is 23.4.